The van der Waals surface area contributed by atoms with Crippen molar-refractivity contribution in [1.82, 2.24) is 0 Å². The van der Waals surface area contributed by atoms with E-state index in [4.69, 9.17) is 4.42 Å². The summed E-state index contributed by atoms with van der Waals surface area (Å²) in [5.74, 6) is 0. The number of para-hydroxylation sites is 1. The van der Waals surface area contributed by atoms with Gasteiger partial charge in [-0.05, 0) is 121 Å². The number of anilines is 3. The number of rotatable bonds is 8. The molecular weight excluding hydrogens is 763 g/mol. The van der Waals surface area contributed by atoms with Gasteiger partial charge in [-0.25, -0.2) is 0 Å². The van der Waals surface area contributed by atoms with Crippen molar-refractivity contribution in [2.24, 2.45) is 0 Å². The number of benzene rings is 10. The van der Waals surface area contributed by atoms with Gasteiger partial charge in [-0.15, -0.1) is 0 Å². The minimum absolute atomic E-state index is 0.569. The van der Waals surface area contributed by atoms with Crippen LogP contribution in [0, 0.1) is 0 Å². The second-order valence-corrected chi connectivity index (χ2v) is 16.5. The average Bonchev–Trinajstić information content (AvgIpc) is 3.88. The molecule has 11 aromatic rings. The van der Waals surface area contributed by atoms with Gasteiger partial charge < -0.3 is 9.32 Å². The highest BCUT2D eigenvalue weighted by molar-refractivity contribution is 6.07. The number of nitrogens with zero attached hydrogens (tertiary/aromatic N) is 1. The Balaban J connectivity index is 1.04. The first-order chi connectivity index (χ1) is 31.2. The molecule has 0 fully saturated rings. The third-order valence-corrected chi connectivity index (χ3v) is 12.9. The summed E-state index contributed by atoms with van der Waals surface area (Å²) in [6, 6.07) is 90.0. The number of fused-ring (bicyclic) bond motifs is 6. The summed E-state index contributed by atoms with van der Waals surface area (Å²) in [6.07, 6.45) is 0. The SMILES string of the molecule is c1ccc(-c2cc(-c3ccccc3)cc(N(c3ccccc3)c3ccc4c(c3)oc3cc(C5(c6cccc(-c7ccccc7)c6)c6ccccc6-c6ccccc65)ccc34)c2)cc1. The standard InChI is InChI=1S/C61H41NO/c1-5-18-42(19-6-1)45-24-17-25-48(37-45)61(57-30-15-13-28-53(57)54-29-14-16-31-58(54)61)49-32-34-55-56-35-33-51(41-60(56)63-59(55)40-49)62(50-26-11-4-12-27-50)52-38-46(43-20-7-2-8-21-43)36-47(39-52)44-22-9-3-10-23-44/h1-41H. The molecule has 2 nitrogen and oxygen atoms in total. The Hall–Kier alpha value is -8.20. The number of furan rings is 1. The van der Waals surface area contributed by atoms with E-state index in [0.29, 0.717) is 0 Å². The summed E-state index contributed by atoms with van der Waals surface area (Å²) < 4.78 is 7.02. The van der Waals surface area contributed by atoms with Crippen molar-refractivity contribution in [3.8, 4) is 44.5 Å². The lowest BCUT2D eigenvalue weighted by Gasteiger charge is -2.34. The van der Waals surface area contributed by atoms with Gasteiger partial charge in [-0.1, -0.05) is 188 Å². The van der Waals surface area contributed by atoms with Crippen LogP contribution in [0.3, 0.4) is 0 Å². The predicted octanol–water partition coefficient (Wildman–Crippen LogP) is 16.4. The van der Waals surface area contributed by atoms with Crippen molar-refractivity contribution >= 4 is 39.0 Å². The summed E-state index contributed by atoms with van der Waals surface area (Å²) in [7, 11) is 0. The summed E-state index contributed by atoms with van der Waals surface area (Å²) in [4.78, 5) is 2.35. The Labute approximate surface area is 367 Å². The zero-order valence-corrected chi connectivity index (χ0v) is 34.5. The van der Waals surface area contributed by atoms with Gasteiger partial charge in [0, 0.05) is 33.9 Å². The molecule has 1 aromatic heterocycles. The molecule has 0 bridgehead atoms. The molecule has 1 aliphatic rings. The third kappa shape index (κ3) is 6.10. The molecule has 0 spiro atoms. The fourth-order valence-corrected chi connectivity index (χ4v) is 10.1. The van der Waals surface area contributed by atoms with Crippen LogP contribution in [-0.2, 0) is 5.41 Å². The first-order valence-electron chi connectivity index (χ1n) is 21.7. The Kier molecular flexibility index (Phi) is 8.76. The van der Waals surface area contributed by atoms with Crippen LogP contribution < -0.4 is 4.90 Å². The Bertz CT molecular complexity index is 3340. The van der Waals surface area contributed by atoms with Crippen LogP contribution >= 0.6 is 0 Å². The Morgan fingerprint density at radius 3 is 1.37 bits per heavy atom. The highest BCUT2D eigenvalue weighted by Crippen LogP contribution is 2.57. The minimum atomic E-state index is -0.569. The zero-order valence-electron chi connectivity index (χ0n) is 34.5. The molecule has 0 N–H and O–H groups in total. The highest BCUT2D eigenvalue weighted by Gasteiger charge is 2.46. The largest absolute Gasteiger partial charge is 0.456 e. The van der Waals surface area contributed by atoms with Crippen molar-refractivity contribution in [1.29, 1.82) is 0 Å². The van der Waals surface area contributed by atoms with E-state index in [1.807, 2.05) is 0 Å². The zero-order chi connectivity index (χ0) is 41.7. The van der Waals surface area contributed by atoms with E-state index < -0.39 is 5.41 Å². The normalized spacial score (nSPS) is 12.6. The topological polar surface area (TPSA) is 16.4 Å². The molecular formula is C61H41NO. The quantitative estimate of drug-likeness (QED) is 0.152. The van der Waals surface area contributed by atoms with E-state index in [9.17, 15) is 0 Å². The first-order valence-corrected chi connectivity index (χ1v) is 21.7. The molecule has 296 valence electrons. The molecule has 2 heteroatoms. The maximum Gasteiger partial charge on any atom is 0.137 e. The van der Waals surface area contributed by atoms with Crippen molar-refractivity contribution in [3.05, 3.63) is 271 Å². The van der Waals surface area contributed by atoms with Crippen molar-refractivity contribution < 1.29 is 4.42 Å². The second kappa shape index (κ2) is 15.1. The maximum atomic E-state index is 7.02. The predicted molar refractivity (Wildman–Crippen MR) is 262 cm³/mol. The fraction of sp³-hybridized carbons (Fsp3) is 0.0164. The Morgan fingerprint density at radius 2 is 0.762 bits per heavy atom. The molecule has 0 unspecified atom stereocenters. The van der Waals surface area contributed by atoms with E-state index in [2.05, 4.69) is 254 Å². The molecule has 0 amide bonds. The molecule has 12 rings (SSSR count). The van der Waals surface area contributed by atoms with Gasteiger partial charge >= 0.3 is 0 Å². The lowest BCUT2D eigenvalue weighted by molar-refractivity contribution is 0.665. The molecule has 0 atom stereocenters. The molecule has 1 aliphatic carbocycles. The van der Waals surface area contributed by atoms with Crippen molar-refractivity contribution in [3.63, 3.8) is 0 Å². The van der Waals surface area contributed by atoms with Crippen LogP contribution in [0.15, 0.2) is 253 Å². The van der Waals surface area contributed by atoms with E-state index in [-0.39, 0.29) is 0 Å². The van der Waals surface area contributed by atoms with Gasteiger partial charge in [-0.3, -0.25) is 0 Å². The number of hydrogen-bond donors (Lipinski definition) is 0. The second-order valence-electron chi connectivity index (χ2n) is 16.5. The third-order valence-electron chi connectivity index (χ3n) is 12.9. The molecule has 0 radical (unpaired) electrons. The molecule has 0 saturated carbocycles. The van der Waals surface area contributed by atoms with Crippen LogP contribution in [0.1, 0.15) is 22.3 Å². The van der Waals surface area contributed by atoms with Gasteiger partial charge in [-0.2, -0.15) is 0 Å². The van der Waals surface area contributed by atoms with Gasteiger partial charge in [0.05, 0.1) is 5.41 Å². The van der Waals surface area contributed by atoms with Crippen molar-refractivity contribution in [2.45, 2.75) is 5.41 Å². The van der Waals surface area contributed by atoms with Crippen LogP contribution in [0.5, 0.6) is 0 Å². The average molecular weight is 804 g/mol. The van der Waals surface area contributed by atoms with Gasteiger partial charge in [0.15, 0.2) is 0 Å². The maximum absolute atomic E-state index is 7.02. The first kappa shape index (κ1) is 36.6. The van der Waals surface area contributed by atoms with E-state index in [0.717, 1.165) is 50.1 Å². The lowest BCUT2D eigenvalue weighted by Crippen LogP contribution is -2.28. The molecule has 0 aliphatic heterocycles. The van der Waals surface area contributed by atoms with Crippen molar-refractivity contribution in [2.75, 3.05) is 4.90 Å². The van der Waals surface area contributed by atoms with Gasteiger partial charge in [0.2, 0.25) is 0 Å². The van der Waals surface area contributed by atoms with E-state index in [1.54, 1.807) is 0 Å². The monoisotopic (exact) mass is 803 g/mol. The molecule has 1 heterocycles. The summed E-state index contributed by atoms with van der Waals surface area (Å²) in [6.45, 7) is 0. The smallest absolute Gasteiger partial charge is 0.137 e. The lowest BCUT2D eigenvalue weighted by atomic mass is 9.67. The molecule has 0 saturated heterocycles. The number of hydrogen-bond acceptors (Lipinski definition) is 2. The summed E-state index contributed by atoms with van der Waals surface area (Å²) >= 11 is 0. The molecule has 63 heavy (non-hydrogen) atoms. The van der Waals surface area contributed by atoms with Crippen LogP contribution in [0.4, 0.5) is 17.1 Å². The van der Waals surface area contributed by atoms with Crippen LogP contribution in [-0.4, -0.2) is 0 Å². The summed E-state index contributed by atoms with van der Waals surface area (Å²) in [5.41, 5.74) is 18.8. The fourth-order valence-electron chi connectivity index (χ4n) is 10.1. The summed E-state index contributed by atoms with van der Waals surface area (Å²) in [5, 5.41) is 2.18. The Morgan fingerprint density at radius 1 is 0.286 bits per heavy atom. The van der Waals surface area contributed by atoms with E-state index in [1.165, 1.54) is 55.6 Å². The van der Waals surface area contributed by atoms with E-state index >= 15 is 0 Å². The van der Waals surface area contributed by atoms with Gasteiger partial charge in [0.25, 0.3) is 0 Å². The minimum Gasteiger partial charge on any atom is -0.456 e. The highest BCUT2D eigenvalue weighted by atomic mass is 16.3. The van der Waals surface area contributed by atoms with Crippen LogP contribution in [0.2, 0.25) is 0 Å². The van der Waals surface area contributed by atoms with Gasteiger partial charge in [0.1, 0.15) is 11.2 Å². The van der Waals surface area contributed by atoms with Crippen LogP contribution in [0.25, 0.3) is 66.4 Å². The molecule has 10 aromatic carbocycles.